The number of phenolic OH excluding ortho intramolecular Hbond substituents is 3. The van der Waals surface area contributed by atoms with Gasteiger partial charge >= 0.3 is 0 Å². The maximum Gasteiger partial charge on any atom is 0.157 e. The highest BCUT2D eigenvalue weighted by Crippen LogP contribution is 2.32. The van der Waals surface area contributed by atoms with Crippen LogP contribution in [0.2, 0.25) is 0 Å². The Balaban J connectivity index is 1.54. The number of aryl methyl sites for hydroxylation is 1. The smallest absolute Gasteiger partial charge is 0.157 e. The molecule has 0 amide bonds. The number of nitrogens with one attached hydrogen (secondary N) is 1. The average Bonchev–Trinajstić information content (AvgIpc) is 3.05. The van der Waals surface area contributed by atoms with Crippen LogP contribution in [0.3, 0.4) is 0 Å². The van der Waals surface area contributed by atoms with Crippen molar-refractivity contribution in [2.75, 3.05) is 0 Å². The van der Waals surface area contributed by atoms with E-state index in [0.29, 0.717) is 11.6 Å². The van der Waals surface area contributed by atoms with Crippen LogP contribution in [0.4, 0.5) is 0 Å². The van der Waals surface area contributed by atoms with E-state index in [1.54, 1.807) is 18.2 Å². The highest BCUT2D eigenvalue weighted by Gasteiger charge is 2.30. The summed E-state index contributed by atoms with van der Waals surface area (Å²) in [7, 11) is 0. The highest BCUT2D eigenvalue weighted by molar-refractivity contribution is 5.41. The fraction of sp³-hybridized carbons (Fsp3) is 0.368. The summed E-state index contributed by atoms with van der Waals surface area (Å²) in [5, 5.41) is 42.2. The maximum atomic E-state index is 10.5. The van der Waals surface area contributed by atoms with E-state index in [-0.39, 0.29) is 23.3 Å². The fourth-order valence-corrected chi connectivity index (χ4v) is 3.29. The average molecular weight is 329 g/mol. The molecule has 1 heterocycles. The lowest BCUT2D eigenvalue weighted by Gasteiger charge is -2.21. The SMILES string of the molecule is Oc1ccc(CC[C@@H]2CC[C@@H](C(O)c3ccc(O)c(O)c3)N2)cc1. The zero-order valence-corrected chi connectivity index (χ0v) is 13.4. The molecule has 1 aliphatic heterocycles. The van der Waals surface area contributed by atoms with Gasteiger partial charge in [-0.3, -0.25) is 0 Å². The molecule has 1 saturated heterocycles. The van der Waals surface area contributed by atoms with Crippen molar-refractivity contribution in [2.45, 2.75) is 43.9 Å². The lowest BCUT2D eigenvalue weighted by molar-refractivity contribution is 0.134. The lowest BCUT2D eigenvalue weighted by Crippen LogP contribution is -2.34. The second-order valence-corrected chi connectivity index (χ2v) is 6.45. The van der Waals surface area contributed by atoms with Crippen LogP contribution in [0.1, 0.15) is 36.5 Å². The third-order valence-corrected chi connectivity index (χ3v) is 4.72. The largest absolute Gasteiger partial charge is 0.508 e. The van der Waals surface area contributed by atoms with Gasteiger partial charge < -0.3 is 25.7 Å². The minimum atomic E-state index is -0.713. The monoisotopic (exact) mass is 329 g/mol. The van der Waals surface area contributed by atoms with E-state index in [2.05, 4.69) is 5.32 Å². The quantitative estimate of drug-likeness (QED) is 0.544. The van der Waals surface area contributed by atoms with Crippen LogP contribution in [0, 0.1) is 0 Å². The Morgan fingerprint density at radius 2 is 1.71 bits per heavy atom. The Morgan fingerprint density at radius 3 is 2.42 bits per heavy atom. The van der Waals surface area contributed by atoms with Crippen molar-refractivity contribution in [3.63, 3.8) is 0 Å². The molecule has 5 heteroatoms. The molecule has 2 aromatic carbocycles. The number of hydrogen-bond donors (Lipinski definition) is 5. The molecule has 128 valence electrons. The molecule has 0 aliphatic carbocycles. The highest BCUT2D eigenvalue weighted by atomic mass is 16.3. The standard InChI is InChI=1S/C19H23NO4/c21-15-7-2-12(3-8-15)1-5-14-6-9-16(20-14)19(24)13-4-10-17(22)18(23)11-13/h2-4,7-8,10-11,14,16,19-24H,1,5-6,9H2/t14-,16+,19?/m1/s1. The van der Waals surface area contributed by atoms with Crippen molar-refractivity contribution in [1.29, 1.82) is 0 Å². The van der Waals surface area contributed by atoms with Crippen molar-refractivity contribution < 1.29 is 20.4 Å². The summed E-state index contributed by atoms with van der Waals surface area (Å²) >= 11 is 0. The van der Waals surface area contributed by atoms with Crippen molar-refractivity contribution in [2.24, 2.45) is 0 Å². The number of aliphatic hydroxyl groups excluding tert-OH is 1. The van der Waals surface area contributed by atoms with Gasteiger partial charge in [0.1, 0.15) is 5.75 Å². The predicted octanol–water partition coefficient (Wildman–Crippen LogP) is 2.59. The van der Waals surface area contributed by atoms with E-state index >= 15 is 0 Å². The molecule has 0 bridgehead atoms. The molecule has 3 rings (SSSR count). The fourth-order valence-electron chi connectivity index (χ4n) is 3.29. The maximum absolute atomic E-state index is 10.5. The molecule has 1 unspecified atom stereocenters. The first-order valence-electron chi connectivity index (χ1n) is 8.27. The van der Waals surface area contributed by atoms with Gasteiger partial charge in [0.05, 0.1) is 6.10 Å². The zero-order chi connectivity index (χ0) is 17.1. The zero-order valence-electron chi connectivity index (χ0n) is 13.4. The Kier molecular flexibility index (Phi) is 4.92. The summed E-state index contributed by atoms with van der Waals surface area (Å²) in [6.07, 6.45) is 3.03. The second-order valence-electron chi connectivity index (χ2n) is 6.45. The van der Waals surface area contributed by atoms with Crippen LogP contribution in [-0.2, 0) is 6.42 Å². The summed E-state index contributed by atoms with van der Waals surface area (Å²) < 4.78 is 0. The van der Waals surface area contributed by atoms with Crippen LogP contribution >= 0.6 is 0 Å². The van der Waals surface area contributed by atoms with E-state index in [9.17, 15) is 20.4 Å². The van der Waals surface area contributed by atoms with Gasteiger partial charge in [0.2, 0.25) is 0 Å². The van der Waals surface area contributed by atoms with Gasteiger partial charge in [-0.15, -0.1) is 0 Å². The van der Waals surface area contributed by atoms with Crippen LogP contribution < -0.4 is 5.32 Å². The molecule has 5 N–H and O–H groups in total. The van der Waals surface area contributed by atoms with Gasteiger partial charge in [-0.1, -0.05) is 18.2 Å². The van der Waals surface area contributed by atoms with E-state index in [0.717, 1.165) is 25.7 Å². The van der Waals surface area contributed by atoms with E-state index in [4.69, 9.17) is 0 Å². The first-order chi connectivity index (χ1) is 11.5. The van der Waals surface area contributed by atoms with Crippen LogP contribution in [0.15, 0.2) is 42.5 Å². The number of aliphatic hydroxyl groups is 1. The van der Waals surface area contributed by atoms with E-state index < -0.39 is 6.10 Å². The number of rotatable bonds is 5. The number of hydrogen-bond acceptors (Lipinski definition) is 5. The first kappa shape index (κ1) is 16.6. The number of benzene rings is 2. The van der Waals surface area contributed by atoms with Crippen molar-refractivity contribution in [3.8, 4) is 17.2 Å². The number of phenols is 3. The molecule has 1 aliphatic rings. The summed E-state index contributed by atoms with van der Waals surface area (Å²) in [5.41, 5.74) is 1.78. The first-order valence-corrected chi connectivity index (χ1v) is 8.27. The van der Waals surface area contributed by atoms with Gasteiger partial charge in [-0.05, 0) is 61.1 Å². The van der Waals surface area contributed by atoms with E-state index in [1.807, 2.05) is 12.1 Å². The Hall–Kier alpha value is -2.24. The molecule has 0 spiro atoms. The summed E-state index contributed by atoms with van der Waals surface area (Å²) in [6, 6.07) is 12.0. The van der Waals surface area contributed by atoms with Crippen LogP contribution in [0.5, 0.6) is 17.2 Å². The summed E-state index contributed by atoms with van der Waals surface area (Å²) in [6.45, 7) is 0. The van der Waals surface area contributed by atoms with E-state index in [1.165, 1.54) is 17.7 Å². The Bertz CT molecular complexity index is 686. The Morgan fingerprint density at radius 1 is 0.958 bits per heavy atom. The van der Waals surface area contributed by atoms with Crippen molar-refractivity contribution in [1.82, 2.24) is 5.32 Å². The van der Waals surface area contributed by atoms with Crippen molar-refractivity contribution in [3.05, 3.63) is 53.6 Å². The van der Waals surface area contributed by atoms with Crippen molar-refractivity contribution >= 4 is 0 Å². The topological polar surface area (TPSA) is 93.0 Å². The summed E-state index contributed by atoms with van der Waals surface area (Å²) in [5.74, 6) is -0.122. The molecule has 1 fully saturated rings. The molecule has 5 nitrogen and oxygen atoms in total. The molecular weight excluding hydrogens is 306 g/mol. The van der Waals surface area contributed by atoms with Gasteiger partial charge in [-0.2, -0.15) is 0 Å². The molecule has 3 atom stereocenters. The van der Waals surface area contributed by atoms with Gasteiger partial charge in [0.15, 0.2) is 11.5 Å². The number of aromatic hydroxyl groups is 3. The third-order valence-electron chi connectivity index (χ3n) is 4.72. The minimum absolute atomic E-state index is 0.0567. The molecular formula is C19H23NO4. The van der Waals surface area contributed by atoms with Gasteiger partial charge in [0, 0.05) is 12.1 Å². The third kappa shape index (κ3) is 3.80. The molecule has 2 aromatic rings. The lowest BCUT2D eigenvalue weighted by atomic mass is 10.0. The predicted molar refractivity (Wildman–Crippen MR) is 91.1 cm³/mol. The molecule has 0 saturated carbocycles. The molecule has 0 aromatic heterocycles. The van der Waals surface area contributed by atoms with Crippen LogP contribution in [0.25, 0.3) is 0 Å². The Labute approximate surface area is 141 Å². The van der Waals surface area contributed by atoms with Crippen LogP contribution in [-0.4, -0.2) is 32.5 Å². The normalized spacial score (nSPS) is 21.7. The van der Waals surface area contributed by atoms with Gasteiger partial charge in [-0.25, -0.2) is 0 Å². The second kappa shape index (κ2) is 7.11. The molecule has 24 heavy (non-hydrogen) atoms. The summed E-state index contributed by atoms with van der Waals surface area (Å²) in [4.78, 5) is 0. The minimum Gasteiger partial charge on any atom is -0.508 e. The van der Waals surface area contributed by atoms with Gasteiger partial charge in [0.25, 0.3) is 0 Å². The molecule has 0 radical (unpaired) electrons.